The normalized spacial score (nSPS) is 11.0. The summed E-state index contributed by atoms with van der Waals surface area (Å²) < 4.78 is 6.08. The van der Waals surface area contributed by atoms with Crippen molar-refractivity contribution in [3.63, 3.8) is 0 Å². The van der Waals surface area contributed by atoms with Crippen LogP contribution in [0.2, 0.25) is 0 Å². The molecule has 0 saturated heterocycles. The highest BCUT2D eigenvalue weighted by atomic mass is 79.9. The molecule has 1 atom stereocenters. The predicted molar refractivity (Wildman–Crippen MR) is 66.5 cm³/mol. The SMILES string of the molecule is Br.C[s+]1c(N)nn(-c2ccc([N+](=O)[O-])o2)c1=N. The number of aromatic nitrogens is 2. The molecule has 0 aliphatic rings. The molecule has 1 unspecified atom stereocenters. The monoisotopic (exact) mass is 322 g/mol. The van der Waals surface area contributed by atoms with Crippen molar-refractivity contribution in [2.24, 2.45) is 6.26 Å². The minimum atomic E-state index is -0.651. The summed E-state index contributed by atoms with van der Waals surface area (Å²) in [7, 11) is -0.587. The van der Waals surface area contributed by atoms with Crippen LogP contribution in [-0.2, 0) is 6.26 Å². The highest BCUT2D eigenvalue weighted by molar-refractivity contribution is 8.93. The maximum atomic E-state index is 10.4. The largest absolute Gasteiger partial charge is 0.434 e. The molecule has 0 amide bonds. The van der Waals surface area contributed by atoms with E-state index in [4.69, 9.17) is 15.6 Å². The number of nitrogens with zero attached hydrogens (tertiary/aromatic N) is 3. The fourth-order valence-electron chi connectivity index (χ4n) is 1.11. The molecule has 2 aromatic heterocycles. The first-order valence-corrected chi connectivity index (χ1v) is 5.77. The molecule has 92 valence electrons. The molecule has 0 spiro atoms. The van der Waals surface area contributed by atoms with Crippen molar-refractivity contribution >= 4 is 38.5 Å². The van der Waals surface area contributed by atoms with Crippen LogP contribution >= 0.6 is 27.5 Å². The molecule has 8 nitrogen and oxygen atoms in total. The molecule has 0 fully saturated rings. The van der Waals surface area contributed by atoms with Gasteiger partial charge in [-0.2, -0.15) is 0 Å². The first kappa shape index (κ1) is 13.4. The molecule has 0 aliphatic heterocycles. The van der Waals surface area contributed by atoms with Crippen molar-refractivity contribution in [2.45, 2.75) is 0 Å². The summed E-state index contributed by atoms with van der Waals surface area (Å²) in [4.78, 5) is 9.92. The fourth-order valence-corrected chi connectivity index (χ4v) is 1.91. The zero-order valence-electron chi connectivity index (χ0n) is 8.61. The number of hydrogen-bond acceptors (Lipinski definition) is 6. The van der Waals surface area contributed by atoms with Crippen LogP contribution in [0.25, 0.3) is 5.88 Å². The van der Waals surface area contributed by atoms with Crippen molar-refractivity contribution in [1.29, 1.82) is 5.41 Å². The predicted octanol–water partition coefficient (Wildman–Crippen LogP) is 1.30. The van der Waals surface area contributed by atoms with Gasteiger partial charge in [0.25, 0.3) is 0 Å². The molecule has 0 bridgehead atoms. The topological polar surface area (TPSA) is 124 Å². The van der Waals surface area contributed by atoms with Gasteiger partial charge in [0.2, 0.25) is 5.88 Å². The second-order valence-electron chi connectivity index (χ2n) is 2.93. The van der Waals surface area contributed by atoms with Gasteiger partial charge in [-0.3, -0.25) is 10.1 Å². The van der Waals surface area contributed by atoms with Gasteiger partial charge in [0, 0.05) is 6.07 Å². The molecule has 0 saturated carbocycles. The fraction of sp³-hybridized carbons (Fsp3) is 0.143. The van der Waals surface area contributed by atoms with Crippen molar-refractivity contribution in [3.05, 3.63) is 27.0 Å². The molecular formula is C7H9BrN5O3S+. The van der Waals surface area contributed by atoms with Gasteiger partial charge in [-0.15, -0.1) is 21.7 Å². The smallest absolute Gasteiger partial charge is 0.382 e. The number of nitrogens with two attached hydrogens (primary N) is 1. The van der Waals surface area contributed by atoms with Gasteiger partial charge < -0.3 is 10.2 Å². The van der Waals surface area contributed by atoms with Crippen LogP contribution in [-0.4, -0.2) is 14.7 Å². The summed E-state index contributed by atoms with van der Waals surface area (Å²) in [6, 6.07) is 2.59. The summed E-state index contributed by atoms with van der Waals surface area (Å²) in [6.45, 7) is 0. The number of halogens is 1. The summed E-state index contributed by atoms with van der Waals surface area (Å²) in [5, 5.41) is 22.3. The third kappa shape index (κ3) is 2.22. The first-order chi connectivity index (χ1) is 7.50. The molecule has 2 rings (SSSR count). The molecular weight excluding hydrogens is 314 g/mol. The molecule has 2 heterocycles. The van der Waals surface area contributed by atoms with Crippen molar-refractivity contribution in [3.8, 4) is 5.88 Å². The van der Waals surface area contributed by atoms with Crippen LogP contribution in [0.1, 0.15) is 0 Å². The van der Waals surface area contributed by atoms with E-state index in [1.54, 1.807) is 6.26 Å². The van der Waals surface area contributed by atoms with E-state index in [-0.39, 0.29) is 33.6 Å². The Morgan fingerprint density at radius 2 is 2.29 bits per heavy atom. The lowest BCUT2D eigenvalue weighted by Gasteiger charge is -1.88. The molecule has 17 heavy (non-hydrogen) atoms. The Labute approximate surface area is 108 Å². The van der Waals surface area contributed by atoms with Crippen LogP contribution < -0.4 is 10.5 Å². The van der Waals surface area contributed by atoms with Crippen molar-refractivity contribution < 1.29 is 9.34 Å². The standard InChI is InChI=1S/C7H8N5O3S.BrH/c1-16-6(8)10-11(7(16)9)4-2-3-5(15-4)12(13)14;/h2-3,9H,1H3,(H2,8,10);1H/q+1;. The van der Waals surface area contributed by atoms with Crippen LogP contribution in [0.4, 0.5) is 11.0 Å². The number of nitro groups is 1. The quantitative estimate of drug-likeness (QED) is 0.490. The Balaban J connectivity index is 0.00000144. The lowest BCUT2D eigenvalue weighted by molar-refractivity contribution is -0.402. The molecule has 0 radical (unpaired) electrons. The zero-order valence-corrected chi connectivity index (χ0v) is 11.1. The average molecular weight is 323 g/mol. The minimum Gasteiger partial charge on any atom is -0.382 e. The van der Waals surface area contributed by atoms with Gasteiger partial charge in [0.05, 0.1) is 16.5 Å². The van der Waals surface area contributed by atoms with E-state index in [0.29, 0.717) is 5.13 Å². The Morgan fingerprint density at radius 1 is 1.65 bits per heavy atom. The van der Waals surface area contributed by atoms with Gasteiger partial charge in [0.15, 0.2) is 0 Å². The third-order valence-electron chi connectivity index (χ3n) is 1.96. The maximum Gasteiger partial charge on any atom is 0.434 e. The lowest BCUT2D eigenvalue weighted by atomic mass is 10.6. The van der Waals surface area contributed by atoms with E-state index in [1.165, 1.54) is 12.1 Å². The van der Waals surface area contributed by atoms with E-state index in [9.17, 15) is 10.1 Å². The van der Waals surface area contributed by atoms with E-state index in [2.05, 4.69) is 5.10 Å². The van der Waals surface area contributed by atoms with E-state index >= 15 is 0 Å². The number of hydrogen-bond donors (Lipinski definition) is 2. The molecule has 10 heteroatoms. The second-order valence-corrected chi connectivity index (χ2v) is 4.76. The number of nitrogen functional groups attached to an aromatic ring is 1. The molecule has 0 aliphatic carbocycles. The zero-order chi connectivity index (χ0) is 11.9. The van der Waals surface area contributed by atoms with Gasteiger partial charge in [-0.25, -0.2) is 5.41 Å². The van der Waals surface area contributed by atoms with E-state index in [1.807, 2.05) is 0 Å². The van der Waals surface area contributed by atoms with Crippen LogP contribution in [0.3, 0.4) is 0 Å². The number of anilines is 1. The van der Waals surface area contributed by atoms with Crippen LogP contribution in [0, 0.1) is 15.5 Å². The Morgan fingerprint density at radius 3 is 2.71 bits per heavy atom. The Hall–Kier alpha value is -1.68. The number of nitrogens with one attached hydrogen (secondary N) is 1. The molecule has 0 aromatic carbocycles. The third-order valence-corrected chi connectivity index (χ3v) is 3.42. The molecule has 2 aromatic rings. The van der Waals surface area contributed by atoms with Crippen molar-refractivity contribution in [2.75, 3.05) is 5.73 Å². The van der Waals surface area contributed by atoms with Crippen LogP contribution in [0.15, 0.2) is 16.5 Å². The van der Waals surface area contributed by atoms with Crippen LogP contribution in [0.5, 0.6) is 0 Å². The van der Waals surface area contributed by atoms with Gasteiger partial charge >= 0.3 is 15.8 Å². The maximum absolute atomic E-state index is 10.4. The van der Waals surface area contributed by atoms with E-state index < -0.39 is 15.4 Å². The summed E-state index contributed by atoms with van der Waals surface area (Å²) in [5.41, 5.74) is 5.57. The average Bonchev–Trinajstić information content (AvgIpc) is 2.79. The molecule has 3 N–H and O–H groups in total. The summed E-state index contributed by atoms with van der Waals surface area (Å²) in [5.74, 6) is -0.268. The lowest BCUT2D eigenvalue weighted by Crippen LogP contribution is -2.12. The summed E-state index contributed by atoms with van der Waals surface area (Å²) in [6.07, 6.45) is 1.75. The number of furan rings is 1. The van der Waals surface area contributed by atoms with Crippen molar-refractivity contribution in [1.82, 2.24) is 9.78 Å². The highest BCUT2D eigenvalue weighted by Gasteiger charge is 2.21. The Kier molecular flexibility index (Phi) is 3.68. The Bertz CT molecular complexity index is 615. The van der Waals surface area contributed by atoms with Gasteiger partial charge in [-0.1, -0.05) is 5.10 Å². The first-order valence-electron chi connectivity index (χ1n) is 4.13. The van der Waals surface area contributed by atoms with Gasteiger partial charge in [-0.05, 0) is 0 Å². The van der Waals surface area contributed by atoms with Gasteiger partial charge in [0.1, 0.15) is 11.2 Å². The minimum absolute atomic E-state index is 0. The number of rotatable bonds is 2. The van der Waals surface area contributed by atoms with E-state index in [0.717, 1.165) is 4.68 Å². The highest BCUT2D eigenvalue weighted by Crippen LogP contribution is 2.21. The second kappa shape index (κ2) is 4.67. The summed E-state index contributed by atoms with van der Waals surface area (Å²) >= 11 is 0.